The van der Waals surface area contributed by atoms with Crippen LogP contribution in [0.15, 0.2) is 30.6 Å². The van der Waals surface area contributed by atoms with Gasteiger partial charge in [-0.15, -0.1) is 0 Å². The van der Waals surface area contributed by atoms with Crippen molar-refractivity contribution in [2.45, 2.75) is 19.9 Å². The van der Waals surface area contributed by atoms with E-state index in [-0.39, 0.29) is 6.04 Å². The molecule has 0 aliphatic heterocycles. The zero-order chi connectivity index (χ0) is 14.0. The summed E-state index contributed by atoms with van der Waals surface area (Å²) < 4.78 is 0. The first-order chi connectivity index (χ1) is 9.00. The van der Waals surface area contributed by atoms with Crippen molar-refractivity contribution < 1.29 is 0 Å². The van der Waals surface area contributed by atoms with Gasteiger partial charge in [-0.05, 0) is 31.5 Å². The minimum absolute atomic E-state index is 0.142. The first-order valence-electron chi connectivity index (χ1n) is 5.96. The Labute approximate surface area is 123 Å². The highest BCUT2D eigenvalue weighted by Gasteiger charge is 2.17. The van der Waals surface area contributed by atoms with E-state index >= 15 is 0 Å². The highest BCUT2D eigenvalue weighted by molar-refractivity contribution is 6.30. The van der Waals surface area contributed by atoms with Crippen molar-refractivity contribution in [3.8, 4) is 0 Å². The lowest BCUT2D eigenvalue weighted by Crippen LogP contribution is -2.23. The molecule has 0 amide bonds. The van der Waals surface area contributed by atoms with E-state index in [1.807, 2.05) is 38.2 Å². The summed E-state index contributed by atoms with van der Waals surface area (Å²) in [5, 5.41) is 1.21. The predicted molar refractivity (Wildman–Crippen MR) is 80.0 cm³/mol. The molecule has 3 nitrogen and oxygen atoms in total. The van der Waals surface area contributed by atoms with Gasteiger partial charge in [0.2, 0.25) is 0 Å². The number of hydrogen-bond donors (Lipinski definition) is 0. The van der Waals surface area contributed by atoms with Crippen LogP contribution in [-0.4, -0.2) is 17.0 Å². The van der Waals surface area contributed by atoms with Crippen LogP contribution in [0.5, 0.6) is 0 Å². The second-order valence-corrected chi connectivity index (χ2v) is 5.25. The fourth-order valence-electron chi connectivity index (χ4n) is 1.95. The summed E-state index contributed by atoms with van der Waals surface area (Å²) in [5.74, 6) is 0.826. The van der Waals surface area contributed by atoms with Crippen LogP contribution in [0.25, 0.3) is 0 Å². The molecule has 0 spiro atoms. The van der Waals surface area contributed by atoms with E-state index in [4.69, 9.17) is 23.2 Å². The van der Waals surface area contributed by atoms with Crippen LogP contribution in [0.1, 0.15) is 24.1 Å². The van der Waals surface area contributed by atoms with Gasteiger partial charge >= 0.3 is 0 Å². The Morgan fingerprint density at radius 3 is 2.63 bits per heavy atom. The molecule has 2 aromatic rings. The third-order valence-electron chi connectivity index (χ3n) is 3.24. The highest BCUT2D eigenvalue weighted by Crippen LogP contribution is 2.29. The van der Waals surface area contributed by atoms with Crippen LogP contribution in [0.2, 0.25) is 10.2 Å². The fourth-order valence-corrected chi connectivity index (χ4v) is 2.28. The van der Waals surface area contributed by atoms with Gasteiger partial charge in [-0.25, -0.2) is 9.97 Å². The summed E-state index contributed by atoms with van der Waals surface area (Å²) in [6, 6.07) is 7.96. The Morgan fingerprint density at radius 1 is 1.21 bits per heavy atom. The smallest absolute Gasteiger partial charge is 0.137 e. The van der Waals surface area contributed by atoms with Gasteiger partial charge in [0.05, 0.1) is 6.04 Å². The molecule has 0 saturated heterocycles. The van der Waals surface area contributed by atoms with E-state index in [0.717, 1.165) is 22.0 Å². The summed E-state index contributed by atoms with van der Waals surface area (Å²) in [7, 11) is 1.98. The predicted octanol–water partition coefficient (Wildman–Crippen LogP) is 4.29. The molecule has 1 atom stereocenters. The van der Waals surface area contributed by atoms with Crippen LogP contribution in [0.4, 0.5) is 5.82 Å². The Balaban J connectivity index is 2.33. The summed E-state index contributed by atoms with van der Waals surface area (Å²) >= 11 is 12.1. The van der Waals surface area contributed by atoms with Crippen molar-refractivity contribution in [3.63, 3.8) is 0 Å². The van der Waals surface area contributed by atoms with Crippen molar-refractivity contribution in [1.29, 1.82) is 0 Å². The molecule has 0 saturated carbocycles. The van der Waals surface area contributed by atoms with Gasteiger partial charge in [-0.3, -0.25) is 0 Å². The van der Waals surface area contributed by atoms with Crippen molar-refractivity contribution in [1.82, 2.24) is 9.97 Å². The van der Waals surface area contributed by atoms with Crippen molar-refractivity contribution in [2.75, 3.05) is 11.9 Å². The topological polar surface area (TPSA) is 29.0 Å². The molecule has 2 rings (SSSR count). The average molecular weight is 296 g/mol. The van der Waals surface area contributed by atoms with Gasteiger partial charge in [-0.2, -0.15) is 0 Å². The maximum atomic E-state index is 6.03. The summed E-state index contributed by atoms with van der Waals surface area (Å²) in [6.45, 7) is 4.01. The molecule has 5 heteroatoms. The number of hydrogen-bond acceptors (Lipinski definition) is 3. The molecule has 1 aromatic carbocycles. The van der Waals surface area contributed by atoms with E-state index in [9.17, 15) is 0 Å². The number of anilines is 1. The number of rotatable bonds is 3. The molecule has 0 N–H and O–H groups in total. The van der Waals surface area contributed by atoms with E-state index in [0.29, 0.717) is 5.15 Å². The third-order valence-corrected chi connectivity index (χ3v) is 3.86. The van der Waals surface area contributed by atoms with Crippen LogP contribution in [0.3, 0.4) is 0 Å². The number of aromatic nitrogens is 2. The lowest BCUT2D eigenvalue weighted by atomic mass is 10.1. The van der Waals surface area contributed by atoms with Crippen molar-refractivity contribution in [2.24, 2.45) is 0 Å². The molecule has 19 heavy (non-hydrogen) atoms. The van der Waals surface area contributed by atoms with Crippen molar-refractivity contribution >= 4 is 29.0 Å². The first kappa shape index (κ1) is 14.1. The van der Waals surface area contributed by atoms with E-state index in [1.54, 1.807) is 0 Å². The molecule has 0 radical (unpaired) electrons. The normalized spacial score (nSPS) is 12.3. The summed E-state index contributed by atoms with van der Waals surface area (Å²) in [5.41, 5.74) is 2.00. The van der Waals surface area contributed by atoms with Gasteiger partial charge in [0.1, 0.15) is 17.3 Å². The Kier molecular flexibility index (Phi) is 4.27. The molecule has 0 aliphatic rings. The average Bonchev–Trinajstić information content (AvgIpc) is 2.40. The van der Waals surface area contributed by atoms with Crippen LogP contribution >= 0.6 is 23.2 Å². The highest BCUT2D eigenvalue weighted by atomic mass is 35.5. The maximum Gasteiger partial charge on any atom is 0.137 e. The summed E-state index contributed by atoms with van der Waals surface area (Å²) in [6.07, 6.45) is 1.48. The lowest BCUT2D eigenvalue weighted by Gasteiger charge is -2.27. The van der Waals surface area contributed by atoms with Gasteiger partial charge in [0.25, 0.3) is 0 Å². The number of halogens is 2. The Hall–Kier alpha value is -1.32. The van der Waals surface area contributed by atoms with Crippen molar-refractivity contribution in [3.05, 3.63) is 51.9 Å². The van der Waals surface area contributed by atoms with Crippen LogP contribution < -0.4 is 4.90 Å². The summed E-state index contributed by atoms with van der Waals surface area (Å²) in [4.78, 5) is 10.3. The van der Waals surface area contributed by atoms with Gasteiger partial charge < -0.3 is 4.90 Å². The molecular weight excluding hydrogens is 281 g/mol. The van der Waals surface area contributed by atoms with Gasteiger partial charge in [0, 0.05) is 17.6 Å². The molecule has 0 bridgehead atoms. The molecular formula is C14H15Cl2N3. The molecule has 100 valence electrons. The first-order valence-corrected chi connectivity index (χ1v) is 6.71. The van der Waals surface area contributed by atoms with Gasteiger partial charge in [-0.1, -0.05) is 35.3 Å². The molecule has 0 fully saturated rings. The Bertz CT molecular complexity index is 587. The minimum atomic E-state index is 0.142. The molecule has 1 unspecified atom stereocenters. The second kappa shape index (κ2) is 5.76. The SMILES string of the molecule is Cc1c(Cl)ncnc1N(C)C(C)c1cccc(Cl)c1. The standard InChI is InChI=1S/C14H15Cl2N3/c1-9-13(16)17-8-18-14(9)19(3)10(2)11-5-4-6-12(15)7-11/h4-8,10H,1-3H3. The van der Waals surface area contributed by atoms with Gasteiger partial charge in [0.15, 0.2) is 0 Å². The maximum absolute atomic E-state index is 6.03. The molecule has 0 aliphatic carbocycles. The zero-order valence-electron chi connectivity index (χ0n) is 11.1. The molecule has 1 heterocycles. The largest absolute Gasteiger partial charge is 0.353 e. The third kappa shape index (κ3) is 2.99. The minimum Gasteiger partial charge on any atom is -0.353 e. The quantitative estimate of drug-likeness (QED) is 0.791. The fraction of sp³-hybridized carbons (Fsp3) is 0.286. The zero-order valence-corrected chi connectivity index (χ0v) is 12.6. The molecule has 1 aromatic heterocycles. The van der Waals surface area contributed by atoms with E-state index < -0.39 is 0 Å². The second-order valence-electron chi connectivity index (χ2n) is 4.45. The Morgan fingerprint density at radius 2 is 1.95 bits per heavy atom. The number of nitrogens with zero attached hydrogens (tertiary/aromatic N) is 3. The van der Waals surface area contributed by atoms with Crippen LogP contribution in [0, 0.1) is 6.92 Å². The monoisotopic (exact) mass is 295 g/mol. The number of benzene rings is 1. The van der Waals surface area contributed by atoms with Crippen LogP contribution in [-0.2, 0) is 0 Å². The van der Waals surface area contributed by atoms with E-state index in [1.165, 1.54) is 6.33 Å². The van der Waals surface area contributed by atoms with E-state index in [2.05, 4.69) is 21.8 Å². The lowest BCUT2D eigenvalue weighted by molar-refractivity contribution is 0.724.